The molecule has 0 atom stereocenters. The quantitative estimate of drug-likeness (QED) is 0.501. The first-order chi connectivity index (χ1) is 8.24. The Morgan fingerprint density at radius 3 is 2.53 bits per heavy atom. The largest absolute Gasteiger partial charge is 0.0979 e. The molecule has 0 fully saturated rings. The second-order valence-corrected chi connectivity index (χ2v) is 5.01. The first kappa shape index (κ1) is 14.1. The van der Waals surface area contributed by atoms with Gasteiger partial charge in [-0.15, -0.1) is 0 Å². The minimum absolute atomic E-state index is 0.910. The van der Waals surface area contributed by atoms with E-state index in [0.29, 0.717) is 0 Å². The Morgan fingerprint density at radius 2 is 1.88 bits per heavy atom. The molecule has 0 unspecified atom stereocenters. The summed E-state index contributed by atoms with van der Waals surface area (Å²) in [5, 5.41) is 0. The van der Waals surface area contributed by atoms with Crippen LogP contribution in [0.25, 0.3) is 5.57 Å². The molecule has 1 aromatic rings. The average Bonchev–Trinajstić information content (AvgIpc) is 2.34. The number of hydrogen-bond donors (Lipinski definition) is 0. The molecule has 0 N–H and O–H groups in total. The smallest absolute Gasteiger partial charge is 0.0245 e. The molecule has 0 aliphatic rings. The van der Waals surface area contributed by atoms with Crippen molar-refractivity contribution < 1.29 is 0 Å². The highest BCUT2D eigenvalue weighted by Crippen LogP contribution is 2.15. The van der Waals surface area contributed by atoms with Gasteiger partial charge >= 0.3 is 0 Å². The van der Waals surface area contributed by atoms with Crippen LogP contribution in [0.4, 0.5) is 0 Å². The van der Waals surface area contributed by atoms with Crippen LogP contribution in [0.3, 0.4) is 0 Å². The van der Waals surface area contributed by atoms with E-state index in [1.54, 1.807) is 0 Å². The molecular formula is C16H19Br. The van der Waals surface area contributed by atoms with E-state index < -0.39 is 0 Å². The van der Waals surface area contributed by atoms with E-state index in [2.05, 4.69) is 41.3 Å². The summed E-state index contributed by atoms with van der Waals surface area (Å²) in [6.45, 7) is 6.22. The van der Waals surface area contributed by atoms with Crippen molar-refractivity contribution in [1.29, 1.82) is 0 Å². The molecule has 0 saturated carbocycles. The van der Waals surface area contributed by atoms with Crippen molar-refractivity contribution in [3.8, 4) is 11.8 Å². The van der Waals surface area contributed by atoms with Gasteiger partial charge in [-0.05, 0) is 24.1 Å². The van der Waals surface area contributed by atoms with Gasteiger partial charge in [-0.2, -0.15) is 0 Å². The van der Waals surface area contributed by atoms with Gasteiger partial charge < -0.3 is 0 Å². The predicted octanol–water partition coefficient (Wildman–Crippen LogP) is 5.44. The summed E-state index contributed by atoms with van der Waals surface area (Å²) in [4.78, 5) is 0. The van der Waals surface area contributed by atoms with E-state index in [0.717, 1.165) is 22.0 Å². The molecule has 0 nitrogen and oxygen atoms in total. The van der Waals surface area contributed by atoms with Crippen LogP contribution in [-0.4, -0.2) is 0 Å². The lowest BCUT2D eigenvalue weighted by Gasteiger charge is -1.98. The lowest BCUT2D eigenvalue weighted by atomic mass is 10.1. The maximum atomic E-state index is 4.00. The summed E-state index contributed by atoms with van der Waals surface area (Å²) in [5.41, 5.74) is 2.02. The van der Waals surface area contributed by atoms with E-state index in [9.17, 15) is 0 Å². The monoisotopic (exact) mass is 290 g/mol. The summed E-state index contributed by atoms with van der Waals surface area (Å²) < 4.78 is 1.08. The molecule has 1 heteroatoms. The molecule has 0 radical (unpaired) electrons. The van der Waals surface area contributed by atoms with Crippen molar-refractivity contribution in [3.63, 3.8) is 0 Å². The summed E-state index contributed by atoms with van der Waals surface area (Å²) in [5.74, 6) is 6.33. The zero-order chi connectivity index (χ0) is 12.5. The fourth-order valence-electron chi connectivity index (χ4n) is 1.53. The first-order valence-electron chi connectivity index (χ1n) is 6.17. The topological polar surface area (TPSA) is 0 Å². The molecule has 1 rings (SSSR count). The lowest BCUT2D eigenvalue weighted by molar-refractivity contribution is 0.680. The van der Waals surface area contributed by atoms with Crippen molar-refractivity contribution in [2.24, 2.45) is 0 Å². The molecule has 0 spiro atoms. The lowest BCUT2D eigenvalue weighted by Crippen LogP contribution is -1.79. The summed E-state index contributed by atoms with van der Waals surface area (Å²) in [6, 6.07) is 8.11. The molecule has 0 heterocycles. The maximum absolute atomic E-state index is 4.00. The Labute approximate surface area is 113 Å². The first-order valence-corrected chi connectivity index (χ1v) is 6.97. The number of hydrogen-bond acceptors (Lipinski definition) is 0. The highest BCUT2D eigenvalue weighted by molar-refractivity contribution is 9.10. The maximum Gasteiger partial charge on any atom is 0.0245 e. The number of unbranched alkanes of at least 4 members (excludes halogenated alkanes) is 4. The van der Waals surface area contributed by atoms with E-state index in [4.69, 9.17) is 0 Å². The SMILES string of the molecule is C=C(C#CCCCCCC)c1ccc(Br)cc1. The summed E-state index contributed by atoms with van der Waals surface area (Å²) >= 11 is 3.42. The standard InChI is InChI=1S/C16H19Br/c1-3-4-5-6-7-8-9-14(2)15-10-12-16(17)13-11-15/h10-13H,2-7H2,1H3. The molecule has 0 aliphatic carbocycles. The third-order valence-electron chi connectivity index (χ3n) is 2.59. The summed E-state index contributed by atoms with van der Waals surface area (Å²) in [7, 11) is 0. The fourth-order valence-corrected chi connectivity index (χ4v) is 1.80. The number of rotatable bonds is 5. The zero-order valence-corrected chi connectivity index (χ0v) is 12.0. The third kappa shape index (κ3) is 5.75. The Bertz CT molecular complexity index is 403. The van der Waals surface area contributed by atoms with Crippen LogP contribution in [0.5, 0.6) is 0 Å². The van der Waals surface area contributed by atoms with Crippen LogP contribution in [0.15, 0.2) is 35.3 Å². The van der Waals surface area contributed by atoms with Crippen LogP contribution >= 0.6 is 15.9 Å². The van der Waals surface area contributed by atoms with Crippen molar-refractivity contribution in [2.45, 2.75) is 39.0 Å². The van der Waals surface area contributed by atoms with Gasteiger partial charge in [0, 0.05) is 16.5 Å². The van der Waals surface area contributed by atoms with Gasteiger partial charge in [0.2, 0.25) is 0 Å². The number of allylic oxidation sites excluding steroid dienone is 1. The van der Waals surface area contributed by atoms with E-state index >= 15 is 0 Å². The van der Waals surface area contributed by atoms with Gasteiger partial charge in [-0.3, -0.25) is 0 Å². The molecule has 0 saturated heterocycles. The average molecular weight is 291 g/mol. The molecule has 90 valence electrons. The van der Waals surface area contributed by atoms with Crippen molar-refractivity contribution in [3.05, 3.63) is 40.9 Å². The molecule has 0 bridgehead atoms. The Kier molecular flexibility index (Phi) is 6.74. The molecular weight excluding hydrogens is 272 g/mol. The van der Waals surface area contributed by atoms with Crippen molar-refractivity contribution in [2.75, 3.05) is 0 Å². The van der Waals surface area contributed by atoms with Gasteiger partial charge in [0.15, 0.2) is 0 Å². The van der Waals surface area contributed by atoms with Gasteiger partial charge in [0.05, 0.1) is 0 Å². The molecule has 0 aromatic heterocycles. The molecule has 0 aliphatic heterocycles. The Hall–Kier alpha value is -1.000. The van der Waals surface area contributed by atoms with Gasteiger partial charge in [0.1, 0.15) is 0 Å². The number of benzene rings is 1. The highest BCUT2D eigenvalue weighted by Gasteiger charge is 1.94. The minimum Gasteiger partial charge on any atom is -0.0979 e. The Balaban J connectivity index is 2.39. The van der Waals surface area contributed by atoms with Crippen LogP contribution in [0.2, 0.25) is 0 Å². The fraction of sp³-hybridized carbons (Fsp3) is 0.375. The van der Waals surface area contributed by atoms with E-state index in [1.165, 1.54) is 25.7 Å². The molecule has 17 heavy (non-hydrogen) atoms. The third-order valence-corrected chi connectivity index (χ3v) is 3.12. The highest BCUT2D eigenvalue weighted by atomic mass is 79.9. The van der Waals surface area contributed by atoms with E-state index in [1.807, 2.05) is 24.3 Å². The second-order valence-electron chi connectivity index (χ2n) is 4.10. The van der Waals surface area contributed by atoms with Gasteiger partial charge in [-0.25, -0.2) is 0 Å². The normalized spacial score (nSPS) is 9.53. The van der Waals surface area contributed by atoms with Gasteiger partial charge in [-0.1, -0.05) is 72.7 Å². The molecule has 1 aromatic carbocycles. The second kappa shape index (κ2) is 8.14. The van der Waals surface area contributed by atoms with Gasteiger partial charge in [0.25, 0.3) is 0 Å². The van der Waals surface area contributed by atoms with Crippen LogP contribution < -0.4 is 0 Å². The molecule has 0 amide bonds. The van der Waals surface area contributed by atoms with Crippen LogP contribution in [0.1, 0.15) is 44.6 Å². The summed E-state index contributed by atoms with van der Waals surface area (Å²) in [6.07, 6.45) is 6.06. The number of halogens is 1. The predicted molar refractivity (Wildman–Crippen MR) is 79.7 cm³/mol. The van der Waals surface area contributed by atoms with Crippen molar-refractivity contribution in [1.82, 2.24) is 0 Å². The van der Waals surface area contributed by atoms with Crippen molar-refractivity contribution >= 4 is 21.5 Å². The van der Waals surface area contributed by atoms with Crippen LogP contribution in [-0.2, 0) is 0 Å². The zero-order valence-electron chi connectivity index (χ0n) is 10.4. The minimum atomic E-state index is 0.910. The van der Waals surface area contributed by atoms with E-state index in [-0.39, 0.29) is 0 Å². The Morgan fingerprint density at radius 1 is 1.18 bits per heavy atom. The van der Waals surface area contributed by atoms with Crippen LogP contribution in [0, 0.1) is 11.8 Å².